The molecule has 0 fully saturated rings. The number of hydrogen-bond donors (Lipinski definition) is 3. The molecule has 92 valence electrons. The predicted octanol–water partition coefficient (Wildman–Crippen LogP) is -0.870. The average Bonchev–Trinajstić information content (AvgIpc) is 2.15. The third-order valence-corrected chi connectivity index (χ3v) is 1.55. The minimum Gasteiger partial charge on any atom is -0.351 e. The van der Waals surface area contributed by atoms with Gasteiger partial charge in [0, 0.05) is 20.8 Å². The van der Waals surface area contributed by atoms with Gasteiger partial charge in [0.25, 0.3) is 0 Å². The first-order chi connectivity index (χ1) is 7.86. The highest BCUT2D eigenvalue weighted by Crippen LogP contribution is 1.96. The van der Waals surface area contributed by atoms with Crippen molar-refractivity contribution in [3.05, 3.63) is 11.4 Å². The maximum atomic E-state index is 10.9. The van der Waals surface area contributed by atoms with Gasteiger partial charge in [-0.25, -0.2) is 0 Å². The molecular weight excluding hydrogens is 224 g/mol. The Hall–Kier alpha value is -2.36. The van der Waals surface area contributed by atoms with Crippen molar-refractivity contribution in [3.63, 3.8) is 0 Å². The van der Waals surface area contributed by atoms with Crippen LogP contribution in [0.1, 0.15) is 20.8 Å². The second-order valence-electron chi connectivity index (χ2n) is 3.24. The van der Waals surface area contributed by atoms with Gasteiger partial charge in [0.1, 0.15) is 11.9 Å². The molecule has 0 aromatic rings. The first-order valence-electron chi connectivity index (χ1n) is 4.79. The van der Waals surface area contributed by atoms with Crippen LogP contribution in [0, 0.1) is 11.3 Å². The number of nitriles is 1. The molecule has 0 radical (unpaired) electrons. The van der Waals surface area contributed by atoms with Crippen molar-refractivity contribution >= 4 is 17.7 Å². The fourth-order valence-corrected chi connectivity index (χ4v) is 0.931. The van der Waals surface area contributed by atoms with Crippen LogP contribution in [0.25, 0.3) is 0 Å². The molecule has 0 aliphatic carbocycles. The van der Waals surface area contributed by atoms with Gasteiger partial charge in [-0.1, -0.05) is 0 Å². The first-order valence-corrected chi connectivity index (χ1v) is 4.79. The Morgan fingerprint density at radius 3 is 1.76 bits per heavy atom. The molecule has 7 nitrogen and oxygen atoms in total. The fraction of sp³-hybridized carbons (Fsp3) is 0.400. The molecule has 0 aromatic heterocycles. The van der Waals surface area contributed by atoms with E-state index in [-0.39, 0.29) is 23.8 Å². The van der Waals surface area contributed by atoms with Crippen LogP contribution >= 0.6 is 0 Å². The lowest BCUT2D eigenvalue weighted by molar-refractivity contribution is -0.120. The lowest BCUT2D eigenvalue weighted by Gasteiger charge is -2.11. The van der Waals surface area contributed by atoms with E-state index in [0.717, 1.165) is 0 Å². The van der Waals surface area contributed by atoms with Gasteiger partial charge in [-0.15, -0.1) is 0 Å². The summed E-state index contributed by atoms with van der Waals surface area (Å²) >= 11 is 0. The van der Waals surface area contributed by atoms with E-state index in [2.05, 4.69) is 16.0 Å². The van der Waals surface area contributed by atoms with Crippen LogP contribution in [0.15, 0.2) is 11.4 Å². The maximum Gasteiger partial charge on any atom is 0.222 e. The molecule has 0 aromatic carbocycles. The topological polar surface area (TPSA) is 111 Å². The highest BCUT2D eigenvalue weighted by atomic mass is 16.2. The lowest BCUT2D eigenvalue weighted by Crippen LogP contribution is -2.36. The lowest BCUT2D eigenvalue weighted by atomic mass is 10.2. The van der Waals surface area contributed by atoms with Gasteiger partial charge >= 0.3 is 0 Å². The summed E-state index contributed by atoms with van der Waals surface area (Å²) in [5.74, 6) is -1.18. The Kier molecular flexibility index (Phi) is 6.03. The minimum absolute atomic E-state index is 0.0127. The summed E-state index contributed by atoms with van der Waals surface area (Å²) in [6.07, 6.45) is 0. The molecule has 3 N–H and O–H groups in total. The van der Waals surface area contributed by atoms with E-state index in [1.54, 1.807) is 6.07 Å². The molecule has 0 aliphatic heterocycles. The summed E-state index contributed by atoms with van der Waals surface area (Å²) in [4.78, 5) is 32.5. The van der Waals surface area contributed by atoms with Gasteiger partial charge in [0.05, 0.1) is 12.1 Å². The molecule has 0 unspecified atom stereocenters. The third kappa shape index (κ3) is 6.67. The quantitative estimate of drug-likeness (QED) is 0.553. The van der Waals surface area contributed by atoms with Crippen molar-refractivity contribution in [1.82, 2.24) is 16.0 Å². The van der Waals surface area contributed by atoms with Crippen molar-refractivity contribution in [3.8, 4) is 6.07 Å². The summed E-state index contributed by atoms with van der Waals surface area (Å²) in [5, 5.41) is 15.9. The molecule has 7 heteroatoms. The van der Waals surface area contributed by atoms with Crippen LogP contribution < -0.4 is 16.0 Å². The molecule has 17 heavy (non-hydrogen) atoms. The average molecular weight is 238 g/mol. The van der Waals surface area contributed by atoms with Crippen LogP contribution in [-0.2, 0) is 14.4 Å². The first kappa shape index (κ1) is 14.6. The van der Waals surface area contributed by atoms with E-state index in [4.69, 9.17) is 5.26 Å². The Morgan fingerprint density at radius 1 is 1.00 bits per heavy atom. The SMILES string of the molecule is CC(=O)NCC(C#N)=C(NC(C)=O)NC(C)=O. The molecule has 0 atom stereocenters. The predicted molar refractivity (Wildman–Crippen MR) is 59.0 cm³/mol. The van der Waals surface area contributed by atoms with Crippen LogP contribution in [-0.4, -0.2) is 24.3 Å². The van der Waals surface area contributed by atoms with Gasteiger partial charge in [-0.05, 0) is 0 Å². The maximum absolute atomic E-state index is 10.9. The highest BCUT2D eigenvalue weighted by molar-refractivity contribution is 5.80. The van der Waals surface area contributed by atoms with E-state index in [0.29, 0.717) is 0 Å². The van der Waals surface area contributed by atoms with Crippen molar-refractivity contribution < 1.29 is 14.4 Å². The normalized spacial score (nSPS) is 8.59. The van der Waals surface area contributed by atoms with E-state index in [9.17, 15) is 14.4 Å². The number of carbonyl (C=O) groups excluding carboxylic acids is 3. The van der Waals surface area contributed by atoms with Gasteiger partial charge in [0.15, 0.2) is 0 Å². The van der Waals surface area contributed by atoms with E-state index >= 15 is 0 Å². The standard InChI is InChI=1S/C10H14N4O3/c1-6(15)12-5-9(4-11)10(13-7(2)16)14-8(3)17/h5H2,1-3H3,(H,12,15)(H,13,16)(H,14,17). The molecule has 0 saturated carbocycles. The largest absolute Gasteiger partial charge is 0.351 e. The van der Waals surface area contributed by atoms with Crippen molar-refractivity contribution in [2.75, 3.05) is 6.54 Å². The van der Waals surface area contributed by atoms with Gasteiger partial charge < -0.3 is 16.0 Å². The summed E-state index contributed by atoms with van der Waals surface area (Å²) in [5.41, 5.74) is 0.0607. The Bertz CT molecular complexity index is 388. The zero-order valence-electron chi connectivity index (χ0n) is 9.88. The third-order valence-electron chi connectivity index (χ3n) is 1.55. The van der Waals surface area contributed by atoms with Crippen molar-refractivity contribution in [2.24, 2.45) is 0 Å². The second-order valence-corrected chi connectivity index (χ2v) is 3.24. The summed E-state index contributed by atoms with van der Waals surface area (Å²) in [6.45, 7) is 3.72. The molecule has 0 aliphatic rings. The summed E-state index contributed by atoms with van der Waals surface area (Å²) < 4.78 is 0. The molecule has 0 heterocycles. The molecule has 0 spiro atoms. The molecular formula is C10H14N4O3. The monoisotopic (exact) mass is 238 g/mol. The molecule has 0 bridgehead atoms. The number of hydrogen-bond acceptors (Lipinski definition) is 4. The zero-order chi connectivity index (χ0) is 13.4. The van der Waals surface area contributed by atoms with Crippen LogP contribution in [0.4, 0.5) is 0 Å². The van der Waals surface area contributed by atoms with Gasteiger partial charge in [-0.3, -0.25) is 14.4 Å². The number of nitrogens with one attached hydrogen (secondary N) is 3. The number of carbonyl (C=O) groups is 3. The fourth-order valence-electron chi connectivity index (χ4n) is 0.931. The Morgan fingerprint density at radius 2 is 1.47 bits per heavy atom. The zero-order valence-corrected chi connectivity index (χ0v) is 9.88. The smallest absolute Gasteiger partial charge is 0.222 e. The molecule has 0 rings (SSSR count). The van der Waals surface area contributed by atoms with Crippen LogP contribution in [0.2, 0.25) is 0 Å². The number of amides is 3. The van der Waals surface area contributed by atoms with Gasteiger partial charge in [0.2, 0.25) is 17.7 Å². The summed E-state index contributed by atoms with van der Waals surface area (Å²) in [7, 11) is 0. The number of nitrogens with zero attached hydrogens (tertiary/aromatic N) is 1. The highest BCUT2D eigenvalue weighted by Gasteiger charge is 2.10. The van der Waals surface area contributed by atoms with Crippen LogP contribution in [0.3, 0.4) is 0 Å². The van der Waals surface area contributed by atoms with Crippen LogP contribution in [0.5, 0.6) is 0 Å². The Balaban J connectivity index is 4.99. The minimum atomic E-state index is -0.427. The van der Waals surface area contributed by atoms with E-state index in [1.807, 2.05) is 0 Å². The molecule has 3 amide bonds. The second kappa shape index (κ2) is 7.00. The Labute approximate surface area is 98.9 Å². The van der Waals surface area contributed by atoms with Crippen molar-refractivity contribution in [2.45, 2.75) is 20.8 Å². The summed E-state index contributed by atoms with van der Waals surface area (Å²) in [6, 6.07) is 1.80. The van der Waals surface area contributed by atoms with Gasteiger partial charge in [-0.2, -0.15) is 5.26 Å². The van der Waals surface area contributed by atoms with Crippen molar-refractivity contribution in [1.29, 1.82) is 5.26 Å². The molecule has 0 saturated heterocycles. The van der Waals surface area contributed by atoms with E-state index < -0.39 is 11.8 Å². The van der Waals surface area contributed by atoms with E-state index in [1.165, 1.54) is 20.8 Å². The number of rotatable bonds is 4.